The van der Waals surface area contributed by atoms with Gasteiger partial charge in [-0.05, 0) is 66.8 Å². The van der Waals surface area contributed by atoms with Crippen LogP contribution in [0.25, 0.3) is 11.1 Å². The lowest BCUT2D eigenvalue weighted by Crippen LogP contribution is -2.16. The van der Waals surface area contributed by atoms with Gasteiger partial charge in [-0.1, -0.05) is 39.0 Å². The molecule has 0 aromatic heterocycles. The van der Waals surface area contributed by atoms with Crippen LogP contribution in [0.2, 0.25) is 0 Å². The minimum absolute atomic E-state index is 0.167. The van der Waals surface area contributed by atoms with Gasteiger partial charge >= 0.3 is 5.97 Å². The van der Waals surface area contributed by atoms with Gasteiger partial charge in [-0.2, -0.15) is 0 Å². The Morgan fingerprint density at radius 3 is 2.06 bits per heavy atom. The Balaban J connectivity index is 1.96. The van der Waals surface area contributed by atoms with Crippen molar-refractivity contribution >= 4 is 5.97 Å². The quantitative estimate of drug-likeness (QED) is 0.249. The van der Waals surface area contributed by atoms with Crippen molar-refractivity contribution in [3.63, 3.8) is 0 Å². The SMILES string of the molecule is CCCCCC[C@H]1CC[C@H](c2cc(F)c(C(=O)O)c(F)c2-c2cc(F)c(F)c(F)c2)CC1. The molecule has 2 aromatic carbocycles. The summed E-state index contributed by atoms with van der Waals surface area (Å²) in [7, 11) is 0. The maximum Gasteiger partial charge on any atom is 0.341 e. The van der Waals surface area contributed by atoms with Gasteiger partial charge in [-0.25, -0.2) is 26.7 Å². The third-order valence-electron chi connectivity index (χ3n) is 6.49. The van der Waals surface area contributed by atoms with Crippen LogP contribution in [0, 0.1) is 35.0 Å². The van der Waals surface area contributed by atoms with Gasteiger partial charge in [-0.3, -0.25) is 0 Å². The highest BCUT2D eigenvalue weighted by Crippen LogP contribution is 2.43. The molecular formula is C25H27F5O2. The average Bonchev–Trinajstić information content (AvgIpc) is 2.74. The number of carboxylic acids is 1. The van der Waals surface area contributed by atoms with Gasteiger partial charge in [0.05, 0.1) is 0 Å². The Bertz CT molecular complexity index is 958. The number of carboxylic acid groups (broad SMARTS) is 1. The first-order valence-corrected chi connectivity index (χ1v) is 11.1. The zero-order chi connectivity index (χ0) is 23.4. The van der Waals surface area contributed by atoms with E-state index >= 15 is 4.39 Å². The zero-order valence-corrected chi connectivity index (χ0v) is 18.0. The van der Waals surface area contributed by atoms with Crippen molar-refractivity contribution in [1.29, 1.82) is 0 Å². The Morgan fingerprint density at radius 2 is 1.50 bits per heavy atom. The molecule has 2 nitrogen and oxygen atoms in total. The predicted octanol–water partition coefficient (Wildman–Crippen LogP) is 7.99. The van der Waals surface area contributed by atoms with Crippen LogP contribution in [0.1, 0.15) is 86.6 Å². The molecular weight excluding hydrogens is 427 g/mol. The molecule has 0 spiro atoms. The topological polar surface area (TPSA) is 37.3 Å². The lowest BCUT2D eigenvalue weighted by Gasteiger charge is -2.30. The van der Waals surface area contributed by atoms with Gasteiger partial charge in [0.15, 0.2) is 17.5 Å². The van der Waals surface area contributed by atoms with Crippen molar-refractivity contribution < 1.29 is 31.9 Å². The second-order valence-electron chi connectivity index (χ2n) is 8.64. The highest BCUT2D eigenvalue weighted by Gasteiger charge is 2.31. The number of hydrogen-bond acceptors (Lipinski definition) is 1. The highest BCUT2D eigenvalue weighted by molar-refractivity contribution is 5.91. The summed E-state index contributed by atoms with van der Waals surface area (Å²) in [5.41, 5.74) is -1.76. The number of hydrogen-bond donors (Lipinski definition) is 1. The normalized spacial score (nSPS) is 18.7. The maximum absolute atomic E-state index is 15.2. The first-order valence-electron chi connectivity index (χ1n) is 11.1. The van der Waals surface area contributed by atoms with Crippen LogP contribution in [0.15, 0.2) is 18.2 Å². The number of aromatic carboxylic acids is 1. The molecule has 32 heavy (non-hydrogen) atoms. The van der Waals surface area contributed by atoms with Crippen molar-refractivity contribution in [3.05, 3.63) is 58.4 Å². The van der Waals surface area contributed by atoms with Crippen LogP contribution in [0.4, 0.5) is 22.0 Å². The van der Waals surface area contributed by atoms with E-state index in [0.717, 1.165) is 38.2 Å². The van der Waals surface area contributed by atoms with Crippen molar-refractivity contribution in [2.75, 3.05) is 0 Å². The van der Waals surface area contributed by atoms with Crippen molar-refractivity contribution in [2.45, 2.75) is 70.6 Å². The van der Waals surface area contributed by atoms with E-state index in [9.17, 15) is 27.5 Å². The Kier molecular flexibility index (Phi) is 7.91. The summed E-state index contributed by atoms with van der Waals surface area (Å²) in [6.45, 7) is 2.15. The van der Waals surface area contributed by atoms with Gasteiger partial charge in [0.25, 0.3) is 0 Å². The molecule has 7 heteroatoms. The predicted molar refractivity (Wildman–Crippen MR) is 112 cm³/mol. The summed E-state index contributed by atoms with van der Waals surface area (Å²) < 4.78 is 70.9. The summed E-state index contributed by atoms with van der Waals surface area (Å²) in [5, 5.41) is 9.24. The smallest absolute Gasteiger partial charge is 0.341 e. The van der Waals surface area contributed by atoms with Crippen LogP contribution >= 0.6 is 0 Å². The second-order valence-corrected chi connectivity index (χ2v) is 8.64. The molecule has 1 aliphatic carbocycles. The van der Waals surface area contributed by atoms with E-state index in [4.69, 9.17) is 0 Å². The summed E-state index contributed by atoms with van der Waals surface area (Å²) in [5.74, 6) is -9.01. The van der Waals surface area contributed by atoms with E-state index in [0.29, 0.717) is 30.9 Å². The summed E-state index contributed by atoms with van der Waals surface area (Å²) in [4.78, 5) is 11.4. The molecule has 0 saturated heterocycles. The van der Waals surface area contributed by atoms with Crippen LogP contribution in [-0.2, 0) is 0 Å². The molecule has 174 valence electrons. The summed E-state index contributed by atoms with van der Waals surface area (Å²) in [6.07, 6.45) is 8.72. The van der Waals surface area contributed by atoms with Gasteiger partial charge in [0.1, 0.15) is 17.2 Å². The van der Waals surface area contributed by atoms with Crippen molar-refractivity contribution in [1.82, 2.24) is 0 Å². The standard InChI is InChI=1S/C25H27F5O2/c1-2-3-4-5-6-14-7-9-15(10-8-14)17-13-18(26)22(25(31)32)24(30)21(17)16-11-19(27)23(29)20(28)12-16/h11-15H,2-10H2,1H3,(H,31,32)/t14-,15-. The fraction of sp³-hybridized carbons (Fsp3) is 0.480. The molecule has 1 saturated carbocycles. The van der Waals surface area contributed by atoms with Gasteiger partial charge < -0.3 is 5.11 Å². The maximum atomic E-state index is 15.2. The third kappa shape index (κ3) is 5.13. The Labute approximate surface area is 184 Å². The fourth-order valence-electron chi connectivity index (χ4n) is 4.77. The van der Waals surface area contributed by atoms with E-state index in [1.807, 2.05) is 0 Å². The van der Waals surface area contributed by atoms with Crippen molar-refractivity contribution in [3.8, 4) is 11.1 Å². The first-order chi connectivity index (χ1) is 15.2. The Hall–Kier alpha value is -2.44. The molecule has 0 aliphatic heterocycles. The largest absolute Gasteiger partial charge is 0.477 e. The van der Waals surface area contributed by atoms with Crippen LogP contribution < -0.4 is 0 Å². The lowest BCUT2D eigenvalue weighted by molar-refractivity contribution is 0.0686. The average molecular weight is 454 g/mol. The minimum Gasteiger partial charge on any atom is -0.477 e. The van der Waals surface area contributed by atoms with Crippen molar-refractivity contribution in [2.24, 2.45) is 5.92 Å². The van der Waals surface area contributed by atoms with Gasteiger partial charge in [0.2, 0.25) is 0 Å². The van der Waals surface area contributed by atoms with E-state index < -0.39 is 40.6 Å². The van der Waals surface area contributed by atoms with E-state index in [2.05, 4.69) is 6.92 Å². The monoisotopic (exact) mass is 454 g/mol. The molecule has 0 heterocycles. The number of carbonyl (C=O) groups is 1. The molecule has 0 bridgehead atoms. The first kappa shape index (κ1) is 24.2. The molecule has 1 N–H and O–H groups in total. The van der Waals surface area contributed by atoms with Crippen LogP contribution in [0.5, 0.6) is 0 Å². The number of rotatable bonds is 8. The third-order valence-corrected chi connectivity index (χ3v) is 6.49. The second kappa shape index (κ2) is 10.5. The number of benzene rings is 2. The minimum atomic E-state index is -1.83. The van der Waals surface area contributed by atoms with E-state index in [-0.39, 0.29) is 22.6 Å². The molecule has 2 aromatic rings. The van der Waals surface area contributed by atoms with E-state index in [1.165, 1.54) is 12.8 Å². The highest BCUT2D eigenvalue weighted by atomic mass is 19.2. The van der Waals surface area contributed by atoms with Gasteiger partial charge in [0, 0.05) is 5.56 Å². The molecule has 0 amide bonds. The number of halogens is 5. The zero-order valence-electron chi connectivity index (χ0n) is 18.0. The van der Waals surface area contributed by atoms with Crippen LogP contribution in [-0.4, -0.2) is 11.1 Å². The summed E-state index contributed by atoms with van der Waals surface area (Å²) in [6, 6.07) is 2.18. The molecule has 0 radical (unpaired) electrons. The van der Waals surface area contributed by atoms with E-state index in [1.54, 1.807) is 0 Å². The van der Waals surface area contributed by atoms with Crippen LogP contribution in [0.3, 0.4) is 0 Å². The summed E-state index contributed by atoms with van der Waals surface area (Å²) >= 11 is 0. The molecule has 0 atom stereocenters. The molecule has 1 fully saturated rings. The number of unbranched alkanes of at least 4 members (excludes halogenated alkanes) is 3. The molecule has 3 rings (SSSR count). The molecule has 1 aliphatic rings. The molecule has 0 unspecified atom stereocenters. The fourth-order valence-corrected chi connectivity index (χ4v) is 4.77. The Morgan fingerprint density at radius 1 is 0.875 bits per heavy atom. The van der Waals surface area contributed by atoms with Gasteiger partial charge in [-0.15, -0.1) is 0 Å². The lowest BCUT2D eigenvalue weighted by atomic mass is 9.75.